The molecule has 38 heavy (non-hydrogen) atoms. The van der Waals surface area contributed by atoms with Crippen LogP contribution in [0.15, 0.2) is 46.6 Å². The third kappa shape index (κ3) is 3.36. The Morgan fingerprint density at radius 1 is 1.24 bits per heavy atom. The fourth-order valence-corrected chi connectivity index (χ4v) is 8.26. The van der Waals surface area contributed by atoms with Gasteiger partial charge in [-0.05, 0) is 62.8 Å². The smallest absolute Gasteiger partial charge is 0.375 e. The van der Waals surface area contributed by atoms with Gasteiger partial charge in [-0.1, -0.05) is 25.5 Å². The van der Waals surface area contributed by atoms with Gasteiger partial charge in [0.2, 0.25) is 11.5 Å². The minimum Gasteiger partial charge on any atom is -0.458 e. The number of allylic oxidation sites excluding steroid dienone is 4. The molecule has 5 rings (SSSR count). The largest absolute Gasteiger partial charge is 0.458 e. The summed E-state index contributed by atoms with van der Waals surface area (Å²) in [6.07, 6.45) is 5.19. The summed E-state index contributed by atoms with van der Waals surface area (Å²) in [5.41, 5.74) is -5.60. The highest BCUT2D eigenvalue weighted by atomic mass is 19.1. The Balaban J connectivity index is 1.61. The first-order valence-corrected chi connectivity index (χ1v) is 13.1. The Hall–Kier alpha value is -3.07. The second-order valence-electron chi connectivity index (χ2n) is 11.7. The topological polar surface area (TPSA) is 120 Å². The molecule has 0 spiro atoms. The van der Waals surface area contributed by atoms with Crippen LogP contribution < -0.4 is 0 Å². The molecule has 0 bridgehead atoms. The van der Waals surface area contributed by atoms with Crippen LogP contribution >= 0.6 is 0 Å². The fraction of sp³-hybridized carbons (Fsp3) is 0.586. The monoisotopic (exact) mass is 528 g/mol. The number of hydrogen-bond donors (Lipinski definition) is 1. The number of esters is 2. The molecule has 8 nitrogen and oxygen atoms in total. The van der Waals surface area contributed by atoms with E-state index in [0.29, 0.717) is 24.8 Å². The van der Waals surface area contributed by atoms with Crippen molar-refractivity contribution >= 4 is 23.5 Å². The Morgan fingerprint density at radius 3 is 2.63 bits per heavy atom. The molecule has 1 aromatic rings. The highest BCUT2D eigenvalue weighted by Crippen LogP contribution is 2.71. The van der Waals surface area contributed by atoms with Crippen LogP contribution in [0, 0.1) is 28.6 Å². The van der Waals surface area contributed by atoms with Gasteiger partial charge in [-0.15, -0.1) is 0 Å². The number of aliphatic hydroxyl groups is 1. The lowest BCUT2D eigenvalue weighted by Gasteiger charge is -2.62. The quantitative estimate of drug-likeness (QED) is 0.571. The lowest BCUT2D eigenvalue weighted by atomic mass is 9.44. The molecule has 0 amide bonds. The van der Waals surface area contributed by atoms with E-state index in [9.17, 15) is 24.3 Å². The van der Waals surface area contributed by atoms with Gasteiger partial charge in [0.25, 0.3) is 0 Å². The molecule has 9 heteroatoms. The second kappa shape index (κ2) is 8.73. The van der Waals surface area contributed by atoms with Crippen molar-refractivity contribution in [2.24, 2.45) is 28.6 Å². The van der Waals surface area contributed by atoms with Gasteiger partial charge >= 0.3 is 11.9 Å². The van der Waals surface area contributed by atoms with Crippen molar-refractivity contribution < 1.29 is 42.6 Å². The molecule has 0 aliphatic heterocycles. The van der Waals surface area contributed by atoms with E-state index < -0.39 is 70.3 Å². The van der Waals surface area contributed by atoms with Gasteiger partial charge in [0, 0.05) is 29.6 Å². The Labute approximate surface area is 220 Å². The van der Waals surface area contributed by atoms with Crippen molar-refractivity contribution in [1.82, 2.24) is 0 Å². The molecule has 1 heterocycles. The summed E-state index contributed by atoms with van der Waals surface area (Å²) in [5.74, 6) is -4.13. The standard InChI is InChI=1S/C29H33FO8/c1-16-12-21-20-8-7-18-13-19(32)9-10-26(18,3)28(20,30)23(33)14-27(21,4)29(16,24(34)15-37-17(2)31)38-25(35)22-6-5-11-36-22/h5-6,9-11,13,16,20-21,23,33H,7-8,12,14-15H2,1-4H3/t16-,20+,21+,23+,26?,27?,28+,29+/m1/s1. The molecule has 1 aromatic heterocycles. The van der Waals surface area contributed by atoms with Crippen LogP contribution in [-0.2, 0) is 23.9 Å². The predicted molar refractivity (Wildman–Crippen MR) is 131 cm³/mol. The highest BCUT2D eigenvalue weighted by Gasteiger charge is 2.77. The van der Waals surface area contributed by atoms with Crippen LogP contribution in [0.25, 0.3) is 0 Å². The third-order valence-corrected chi connectivity index (χ3v) is 9.98. The fourth-order valence-electron chi connectivity index (χ4n) is 8.26. The van der Waals surface area contributed by atoms with Crippen molar-refractivity contribution in [3.63, 3.8) is 0 Å². The minimum absolute atomic E-state index is 0.0999. The van der Waals surface area contributed by atoms with E-state index >= 15 is 4.39 Å². The van der Waals surface area contributed by atoms with E-state index in [4.69, 9.17) is 13.9 Å². The number of aliphatic hydroxyl groups excluding tert-OH is 1. The normalized spacial score (nSPS) is 41.4. The van der Waals surface area contributed by atoms with Crippen molar-refractivity contribution in [1.29, 1.82) is 0 Å². The lowest BCUT2D eigenvalue weighted by molar-refractivity contribution is -0.220. The maximum Gasteiger partial charge on any atom is 0.375 e. The number of ketones is 2. The number of furan rings is 1. The van der Waals surface area contributed by atoms with Gasteiger partial charge in [-0.25, -0.2) is 9.18 Å². The van der Waals surface area contributed by atoms with Gasteiger partial charge in [-0.3, -0.25) is 14.4 Å². The lowest BCUT2D eigenvalue weighted by Crippen LogP contribution is -2.70. The number of rotatable bonds is 5. The van der Waals surface area contributed by atoms with Gasteiger partial charge in [0.1, 0.15) is 0 Å². The van der Waals surface area contributed by atoms with Crippen LogP contribution in [0.2, 0.25) is 0 Å². The predicted octanol–water partition coefficient (Wildman–Crippen LogP) is 3.92. The van der Waals surface area contributed by atoms with Crippen molar-refractivity contribution in [3.8, 4) is 0 Å². The van der Waals surface area contributed by atoms with E-state index in [2.05, 4.69) is 0 Å². The van der Waals surface area contributed by atoms with Gasteiger partial charge in [-0.2, -0.15) is 0 Å². The zero-order valence-electron chi connectivity index (χ0n) is 22.0. The summed E-state index contributed by atoms with van der Waals surface area (Å²) < 4.78 is 33.8. The molecular formula is C29H33FO8. The zero-order chi connectivity index (χ0) is 27.7. The summed E-state index contributed by atoms with van der Waals surface area (Å²) >= 11 is 0. The average Bonchev–Trinajstić information content (AvgIpc) is 3.46. The number of ether oxygens (including phenoxy) is 2. The summed E-state index contributed by atoms with van der Waals surface area (Å²) in [7, 11) is 0. The van der Waals surface area contributed by atoms with E-state index in [1.54, 1.807) is 26.8 Å². The van der Waals surface area contributed by atoms with Gasteiger partial charge < -0.3 is 19.0 Å². The Morgan fingerprint density at radius 2 is 1.97 bits per heavy atom. The van der Waals surface area contributed by atoms with E-state index in [0.717, 1.165) is 0 Å². The van der Waals surface area contributed by atoms with Crippen LogP contribution in [0.5, 0.6) is 0 Å². The first kappa shape index (κ1) is 26.5. The van der Waals surface area contributed by atoms with Crippen molar-refractivity contribution in [2.75, 3.05) is 6.61 Å². The number of carbonyl (C=O) groups is 4. The molecule has 8 atom stereocenters. The van der Waals surface area contributed by atoms with E-state index in [1.807, 2.05) is 0 Å². The van der Waals surface area contributed by atoms with Crippen molar-refractivity contribution in [2.45, 2.75) is 70.8 Å². The van der Waals surface area contributed by atoms with Crippen LogP contribution in [0.3, 0.4) is 0 Å². The number of carbonyl (C=O) groups excluding carboxylic acids is 4. The Kier molecular flexibility index (Phi) is 6.09. The summed E-state index contributed by atoms with van der Waals surface area (Å²) in [5, 5.41) is 11.6. The molecule has 3 saturated carbocycles. The maximum absolute atomic E-state index is 17.5. The number of fused-ring (bicyclic) bond motifs is 5. The van der Waals surface area contributed by atoms with Crippen LogP contribution in [0.1, 0.15) is 63.9 Å². The molecule has 4 aliphatic carbocycles. The van der Waals surface area contributed by atoms with E-state index in [-0.39, 0.29) is 18.0 Å². The van der Waals surface area contributed by atoms with Crippen molar-refractivity contribution in [3.05, 3.63) is 48.0 Å². The molecule has 4 aliphatic rings. The Bertz CT molecular complexity index is 1250. The molecule has 0 aromatic carbocycles. The molecule has 0 radical (unpaired) electrons. The summed E-state index contributed by atoms with van der Waals surface area (Å²) in [4.78, 5) is 50.8. The first-order chi connectivity index (χ1) is 17.8. The van der Waals surface area contributed by atoms with Gasteiger partial charge in [0.15, 0.2) is 23.7 Å². The summed E-state index contributed by atoms with van der Waals surface area (Å²) in [6, 6.07) is 2.94. The molecule has 1 N–H and O–H groups in total. The molecule has 204 valence electrons. The molecule has 0 saturated heterocycles. The highest BCUT2D eigenvalue weighted by molar-refractivity contribution is 6.01. The SMILES string of the molecule is CC(=O)OCC(=O)[C@@]1(OC(=O)c2ccco2)[C@H](C)C[C@H]2[C@@H]3CCC4=CC(=O)C=CC4(C)[C@@]3(F)[C@@H](O)CC21C. The number of Topliss-reactive ketones (excluding diaryl/α,β-unsaturated/α-hetero) is 1. The van der Waals surface area contributed by atoms with Gasteiger partial charge in [0.05, 0.1) is 12.4 Å². The molecule has 2 unspecified atom stereocenters. The maximum atomic E-state index is 17.5. The second-order valence-corrected chi connectivity index (χ2v) is 11.7. The number of alkyl halides is 1. The zero-order valence-corrected chi connectivity index (χ0v) is 22.0. The number of halogens is 1. The third-order valence-electron chi connectivity index (χ3n) is 9.98. The van der Waals surface area contributed by atoms with E-state index in [1.165, 1.54) is 37.5 Å². The summed E-state index contributed by atoms with van der Waals surface area (Å²) in [6.45, 7) is 5.80. The molecule has 3 fully saturated rings. The number of hydrogen-bond acceptors (Lipinski definition) is 8. The van der Waals surface area contributed by atoms with Crippen LogP contribution in [0.4, 0.5) is 4.39 Å². The first-order valence-electron chi connectivity index (χ1n) is 13.1. The molecular weight excluding hydrogens is 495 g/mol. The van der Waals surface area contributed by atoms with Crippen LogP contribution in [-0.4, -0.2) is 52.6 Å². The minimum atomic E-state index is -2.10. The average molecular weight is 529 g/mol.